The minimum Gasteiger partial charge on any atom is -0.497 e. The van der Waals surface area contributed by atoms with Gasteiger partial charge in [-0.1, -0.05) is 12.1 Å². The molecule has 0 aromatic heterocycles. The number of hydrogen-bond acceptors (Lipinski definition) is 6. The summed E-state index contributed by atoms with van der Waals surface area (Å²) in [5.74, 6) is 0.725. The van der Waals surface area contributed by atoms with Gasteiger partial charge in [0, 0.05) is 11.8 Å². The highest BCUT2D eigenvalue weighted by Gasteiger charge is 2.31. The Kier molecular flexibility index (Phi) is 5.11. The summed E-state index contributed by atoms with van der Waals surface area (Å²) in [7, 11) is 1.56. The maximum absolute atomic E-state index is 12.9. The number of hydrogen-bond donors (Lipinski definition) is 3. The Morgan fingerprint density at radius 1 is 1.31 bits per heavy atom. The molecule has 1 unspecified atom stereocenters. The molecule has 1 heterocycles. The zero-order valence-corrected chi connectivity index (χ0v) is 14.3. The average Bonchev–Trinajstić information content (AvgIpc) is 2.65. The fourth-order valence-electron chi connectivity index (χ4n) is 2.66. The highest BCUT2D eigenvalue weighted by molar-refractivity contribution is 6.10. The monoisotopic (exact) mass is 356 g/mol. The van der Waals surface area contributed by atoms with Gasteiger partial charge >= 0.3 is 0 Å². The molecule has 2 aromatic rings. The van der Waals surface area contributed by atoms with E-state index in [0.717, 1.165) is 5.56 Å². The Morgan fingerprint density at radius 2 is 2.12 bits per heavy atom. The third-order valence-electron chi connectivity index (χ3n) is 3.95. The van der Waals surface area contributed by atoms with Gasteiger partial charge in [0.05, 0.1) is 32.1 Å². The van der Waals surface area contributed by atoms with Gasteiger partial charge in [-0.05, 0) is 35.9 Å². The number of anilines is 2. The third kappa shape index (κ3) is 3.63. The standard InChI is InChI=1S/C19H20N2O5/c1-25-15-4-2-3-12(7-15)8-18-19(24)21(10-14(23)11-22)16-6-5-13(20)9-17(16)26-18/h2-9,14,22-23H,10-11,20H2,1H3/b18-8+. The summed E-state index contributed by atoms with van der Waals surface area (Å²) in [6, 6.07) is 12.1. The maximum Gasteiger partial charge on any atom is 0.294 e. The van der Waals surface area contributed by atoms with Gasteiger partial charge in [0.15, 0.2) is 11.5 Å². The smallest absolute Gasteiger partial charge is 0.294 e. The van der Waals surface area contributed by atoms with Crippen molar-refractivity contribution >= 4 is 23.4 Å². The zero-order chi connectivity index (χ0) is 18.7. The molecule has 0 radical (unpaired) electrons. The van der Waals surface area contributed by atoms with Crippen LogP contribution in [-0.4, -0.2) is 42.5 Å². The fourth-order valence-corrected chi connectivity index (χ4v) is 2.66. The van der Waals surface area contributed by atoms with E-state index < -0.39 is 18.6 Å². The number of β-amino-alcohol motifs (C(OH)–C–C–N with tert-alkyl or cyclic N) is 1. The Labute approximate surface area is 150 Å². The molecule has 0 spiro atoms. The van der Waals surface area contributed by atoms with Gasteiger partial charge in [0.2, 0.25) is 0 Å². The molecule has 0 saturated heterocycles. The van der Waals surface area contributed by atoms with Crippen LogP contribution in [-0.2, 0) is 4.79 Å². The van der Waals surface area contributed by atoms with E-state index in [4.69, 9.17) is 20.3 Å². The van der Waals surface area contributed by atoms with Gasteiger partial charge in [-0.25, -0.2) is 0 Å². The van der Waals surface area contributed by atoms with Gasteiger partial charge in [-0.3, -0.25) is 9.69 Å². The molecular weight excluding hydrogens is 336 g/mol. The molecule has 0 aliphatic carbocycles. The van der Waals surface area contributed by atoms with Crippen LogP contribution in [0.1, 0.15) is 5.56 Å². The highest BCUT2D eigenvalue weighted by Crippen LogP contribution is 2.37. The summed E-state index contributed by atoms with van der Waals surface area (Å²) in [6.07, 6.45) is 0.524. The molecule has 7 heteroatoms. The first kappa shape index (κ1) is 17.8. The second-order valence-corrected chi connectivity index (χ2v) is 5.87. The molecule has 3 rings (SSSR count). The van der Waals surface area contributed by atoms with Crippen molar-refractivity contribution in [2.24, 2.45) is 0 Å². The normalized spacial score (nSPS) is 16.2. The van der Waals surface area contributed by atoms with Crippen molar-refractivity contribution in [2.45, 2.75) is 6.10 Å². The van der Waals surface area contributed by atoms with Gasteiger partial charge in [-0.15, -0.1) is 0 Å². The van der Waals surface area contributed by atoms with Crippen LogP contribution in [0.2, 0.25) is 0 Å². The van der Waals surface area contributed by atoms with Crippen molar-refractivity contribution in [3.8, 4) is 11.5 Å². The van der Waals surface area contributed by atoms with Gasteiger partial charge in [-0.2, -0.15) is 0 Å². The van der Waals surface area contributed by atoms with Crippen molar-refractivity contribution in [1.82, 2.24) is 0 Å². The number of rotatable bonds is 5. The first-order valence-corrected chi connectivity index (χ1v) is 8.05. The molecule has 2 aromatic carbocycles. The van der Waals surface area contributed by atoms with Crippen molar-refractivity contribution in [2.75, 3.05) is 30.9 Å². The molecular formula is C19H20N2O5. The number of fused-ring (bicyclic) bond motifs is 1. The summed E-state index contributed by atoms with van der Waals surface area (Å²) in [5, 5.41) is 18.9. The van der Waals surface area contributed by atoms with E-state index in [1.807, 2.05) is 6.07 Å². The number of ether oxygens (including phenoxy) is 2. The van der Waals surface area contributed by atoms with Gasteiger partial charge < -0.3 is 25.4 Å². The minimum atomic E-state index is -1.07. The van der Waals surface area contributed by atoms with Crippen molar-refractivity contribution in [3.63, 3.8) is 0 Å². The number of amides is 1. The lowest BCUT2D eigenvalue weighted by Crippen LogP contribution is -2.43. The van der Waals surface area contributed by atoms with Crippen molar-refractivity contribution in [3.05, 3.63) is 53.8 Å². The van der Waals surface area contributed by atoms with E-state index in [1.165, 1.54) is 4.90 Å². The Bertz CT molecular complexity index is 850. The summed E-state index contributed by atoms with van der Waals surface area (Å²) in [5.41, 5.74) is 7.51. The van der Waals surface area contributed by atoms with E-state index in [2.05, 4.69) is 0 Å². The summed E-state index contributed by atoms with van der Waals surface area (Å²) >= 11 is 0. The van der Waals surface area contributed by atoms with Crippen molar-refractivity contribution in [1.29, 1.82) is 0 Å². The summed E-state index contributed by atoms with van der Waals surface area (Å²) < 4.78 is 10.9. The molecule has 1 aliphatic rings. The third-order valence-corrected chi connectivity index (χ3v) is 3.95. The number of benzene rings is 2. The maximum atomic E-state index is 12.9. The first-order valence-electron chi connectivity index (χ1n) is 8.05. The van der Waals surface area contributed by atoms with Crippen molar-refractivity contribution < 1.29 is 24.5 Å². The highest BCUT2D eigenvalue weighted by atomic mass is 16.5. The number of carbonyl (C=O) groups is 1. The zero-order valence-electron chi connectivity index (χ0n) is 14.3. The predicted molar refractivity (Wildman–Crippen MR) is 97.9 cm³/mol. The molecule has 4 N–H and O–H groups in total. The molecule has 1 amide bonds. The van der Waals surface area contributed by atoms with Gasteiger partial charge in [0.1, 0.15) is 5.75 Å². The van der Waals surface area contributed by atoms with Crippen LogP contribution < -0.4 is 20.1 Å². The summed E-state index contributed by atoms with van der Waals surface area (Å²) in [6.45, 7) is -0.519. The van der Waals surface area contributed by atoms with E-state index in [9.17, 15) is 9.90 Å². The van der Waals surface area contributed by atoms with E-state index in [-0.39, 0.29) is 12.3 Å². The number of nitrogens with two attached hydrogens (primary N) is 1. The predicted octanol–water partition coefficient (Wildman–Crippen LogP) is 1.40. The van der Waals surface area contributed by atoms with E-state index in [0.29, 0.717) is 22.9 Å². The van der Waals surface area contributed by atoms with Crippen LogP contribution in [0.3, 0.4) is 0 Å². The van der Waals surface area contributed by atoms with Crippen LogP contribution in [0.15, 0.2) is 48.2 Å². The number of nitrogen functional groups attached to an aromatic ring is 1. The Hall–Kier alpha value is -3.03. The van der Waals surface area contributed by atoms with E-state index >= 15 is 0 Å². The summed E-state index contributed by atoms with van der Waals surface area (Å²) in [4.78, 5) is 14.2. The quantitative estimate of drug-likeness (QED) is 0.552. The average molecular weight is 356 g/mol. The van der Waals surface area contributed by atoms with E-state index in [1.54, 1.807) is 49.6 Å². The topological polar surface area (TPSA) is 105 Å². The number of aliphatic hydroxyl groups is 2. The minimum absolute atomic E-state index is 0.0644. The lowest BCUT2D eigenvalue weighted by Gasteiger charge is -2.31. The molecule has 136 valence electrons. The molecule has 26 heavy (non-hydrogen) atoms. The van der Waals surface area contributed by atoms with Crippen LogP contribution in [0.4, 0.5) is 11.4 Å². The lowest BCUT2D eigenvalue weighted by molar-refractivity contribution is -0.118. The molecule has 0 bridgehead atoms. The number of aliphatic hydroxyl groups excluding tert-OH is 2. The lowest BCUT2D eigenvalue weighted by atomic mass is 10.1. The van der Waals surface area contributed by atoms with Crippen LogP contribution in [0.5, 0.6) is 11.5 Å². The largest absolute Gasteiger partial charge is 0.497 e. The molecule has 0 saturated carbocycles. The fraction of sp³-hybridized carbons (Fsp3) is 0.211. The second kappa shape index (κ2) is 7.47. The number of carbonyl (C=O) groups excluding carboxylic acids is 1. The molecule has 1 aliphatic heterocycles. The number of methoxy groups -OCH3 is 1. The molecule has 0 fully saturated rings. The second-order valence-electron chi connectivity index (χ2n) is 5.87. The van der Waals surface area contributed by atoms with Crippen LogP contribution >= 0.6 is 0 Å². The first-order chi connectivity index (χ1) is 12.5. The SMILES string of the molecule is COc1cccc(/C=C2/Oc3cc(N)ccc3N(CC(O)CO)C2=O)c1. The van der Waals surface area contributed by atoms with Crippen LogP contribution in [0, 0.1) is 0 Å². The van der Waals surface area contributed by atoms with Gasteiger partial charge in [0.25, 0.3) is 5.91 Å². The molecule has 1 atom stereocenters. The number of nitrogens with zero attached hydrogens (tertiary/aromatic N) is 1. The Balaban J connectivity index is 2.02. The van der Waals surface area contributed by atoms with Crippen LogP contribution in [0.25, 0.3) is 6.08 Å². The molecule has 7 nitrogen and oxygen atoms in total. The Morgan fingerprint density at radius 3 is 2.85 bits per heavy atom.